The summed E-state index contributed by atoms with van der Waals surface area (Å²) in [6.07, 6.45) is 1.55. The third-order valence-corrected chi connectivity index (χ3v) is 2.32. The van der Waals surface area contributed by atoms with Crippen LogP contribution in [-0.2, 0) is 4.74 Å². The Morgan fingerprint density at radius 3 is 3.00 bits per heavy atom. The van der Waals surface area contributed by atoms with Gasteiger partial charge in [0.2, 0.25) is 0 Å². The molecule has 0 atom stereocenters. The van der Waals surface area contributed by atoms with Crippen LogP contribution in [0, 0.1) is 0 Å². The van der Waals surface area contributed by atoms with Gasteiger partial charge in [-0.3, -0.25) is 0 Å². The molecule has 0 unspecified atom stereocenters. The first kappa shape index (κ1) is 9.86. The fraction of sp³-hybridized carbons (Fsp3) is 0.100. The topological polar surface area (TPSA) is 52.1 Å². The zero-order chi connectivity index (χ0) is 10.8. The molecule has 0 aliphatic rings. The zero-order valence-corrected chi connectivity index (χ0v) is 8.65. The molecule has 4 nitrogen and oxygen atoms in total. The Balaban J connectivity index is 2.62. The summed E-state index contributed by atoms with van der Waals surface area (Å²) in [6.45, 7) is 0. The Morgan fingerprint density at radius 1 is 1.47 bits per heavy atom. The van der Waals surface area contributed by atoms with Gasteiger partial charge in [-0.1, -0.05) is 17.7 Å². The summed E-state index contributed by atoms with van der Waals surface area (Å²) in [4.78, 5) is 11.3. The van der Waals surface area contributed by atoms with Crippen molar-refractivity contribution in [2.24, 2.45) is 0 Å². The van der Waals surface area contributed by atoms with Crippen LogP contribution in [0.5, 0.6) is 0 Å². The Bertz CT molecular complexity index is 528. The molecule has 0 saturated carbocycles. The van der Waals surface area contributed by atoms with E-state index < -0.39 is 0 Å². The summed E-state index contributed by atoms with van der Waals surface area (Å²) >= 11 is 5.83. The first-order chi connectivity index (χ1) is 7.22. The number of benzene rings is 1. The summed E-state index contributed by atoms with van der Waals surface area (Å²) in [5.74, 6) is -0.384. The van der Waals surface area contributed by atoms with Crippen molar-refractivity contribution in [2.75, 3.05) is 7.11 Å². The lowest BCUT2D eigenvalue weighted by atomic mass is 10.1. The molecule has 1 heterocycles. The maximum atomic E-state index is 11.3. The lowest BCUT2D eigenvalue weighted by Crippen LogP contribution is -2.00. The lowest BCUT2D eigenvalue weighted by Gasteiger charge is -2.01. The second-order valence-electron chi connectivity index (χ2n) is 2.93. The highest BCUT2D eigenvalue weighted by Gasteiger charge is 2.07. The fourth-order valence-corrected chi connectivity index (χ4v) is 1.51. The molecule has 0 N–H and O–H groups in total. The van der Waals surface area contributed by atoms with Crippen molar-refractivity contribution in [1.82, 2.24) is 10.2 Å². The average molecular weight is 223 g/mol. The van der Waals surface area contributed by atoms with E-state index in [0.29, 0.717) is 10.7 Å². The Hall–Kier alpha value is -1.68. The van der Waals surface area contributed by atoms with E-state index in [-0.39, 0.29) is 5.97 Å². The largest absolute Gasteiger partial charge is 0.465 e. The van der Waals surface area contributed by atoms with Crippen molar-refractivity contribution in [3.05, 3.63) is 35.1 Å². The van der Waals surface area contributed by atoms with Crippen molar-refractivity contribution >= 4 is 28.3 Å². The van der Waals surface area contributed by atoms with E-state index in [2.05, 4.69) is 14.9 Å². The van der Waals surface area contributed by atoms with Gasteiger partial charge in [0.05, 0.1) is 18.9 Å². The van der Waals surface area contributed by atoms with Crippen LogP contribution in [0.1, 0.15) is 10.4 Å². The smallest absolute Gasteiger partial charge is 0.337 e. The van der Waals surface area contributed by atoms with Crippen LogP contribution in [0.3, 0.4) is 0 Å². The summed E-state index contributed by atoms with van der Waals surface area (Å²) in [5.41, 5.74) is 0.467. The van der Waals surface area contributed by atoms with E-state index in [1.807, 2.05) is 0 Å². The van der Waals surface area contributed by atoms with E-state index in [0.717, 1.165) is 10.8 Å². The first-order valence-corrected chi connectivity index (χ1v) is 4.59. The SMILES string of the molecule is COC(=O)c1ccc2c(Cl)nncc2c1. The number of aromatic nitrogens is 2. The highest BCUT2D eigenvalue weighted by molar-refractivity contribution is 6.34. The Labute approximate surface area is 90.8 Å². The number of methoxy groups -OCH3 is 1. The number of hydrogen-bond acceptors (Lipinski definition) is 4. The molecule has 2 aromatic rings. The molecule has 0 radical (unpaired) electrons. The minimum atomic E-state index is -0.384. The maximum absolute atomic E-state index is 11.3. The van der Waals surface area contributed by atoms with Crippen molar-refractivity contribution in [3.8, 4) is 0 Å². The molecule has 1 aromatic heterocycles. The second kappa shape index (κ2) is 3.82. The quantitative estimate of drug-likeness (QED) is 0.693. The molecule has 15 heavy (non-hydrogen) atoms. The van der Waals surface area contributed by atoms with Crippen molar-refractivity contribution in [1.29, 1.82) is 0 Å². The van der Waals surface area contributed by atoms with E-state index in [1.165, 1.54) is 7.11 Å². The zero-order valence-electron chi connectivity index (χ0n) is 7.90. The number of nitrogens with zero attached hydrogens (tertiary/aromatic N) is 2. The Morgan fingerprint density at radius 2 is 2.27 bits per heavy atom. The highest BCUT2D eigenvalue weighted by atomic mass is 35.5. The molecule has 2 rings (SSSR count). The predicted molar refractivity (Wildman–Crippen MR) is 55.9 cm³/mol. The molecule has 0 bridgehead atoms. The molecule has 0 aliphatic heterocycles. The van der Waals surface area contributed by atoms with E-state index in [9.17, 15) is 4.79 Å². The van der Waals surface area contributed by atoms with Gasteiger partial charge >= 0.3 is 5.97 Å². The number of rotatable bonds is 1. The monoisotopic (exact) mass is 222 g/mol. The van der Waals surface area contributed by atoms with Gasteiger partial charge < -0.3 is 4.74 Å². The van der Waals surface area contributed by atoms with Crippen molar-refractivity contribution in [2.45, 2.75) is 0 Å². The Kier molecular flexibility index (Phi) is 2.51. The lowest BCUT2D eigenvalue weighted by molar-refractivity contribution is 0.0601. The third kappa shape index (κ3) is 1.76. The number of halogens is 1. The molecular formula is C10H7ClN2O2. The van der Waals surface area contributed by atoms with Gasteiger partial charge in [-0.15, -0.1) is 5.10 Å². The minimum Gasteiger partial charge on any atom is -0.465 e. The normalized spacial score (nSPS) is 10.3. The fourth-order valence-electron chi connectivity index (χ4n) is 1.30. The van der Waals surface area contributed by atoms with Crippen LogP contribution in [0.2, 0.25) is 5.15 Å². The number of esters is 1. The van der Waals surface area contributed by atoms with Gasteiger partial charge in [-0.05, 0) is 12.1 Å². The van der Waals surface area contributed by atoms with Crippen molar-refractivity contribution < 1.29 is 9.53 Å². The second-order valence-corrected chi connectivity index (χ2v) is 3.29. The molecule has 0 aliphatic carbocycles. The van der Waals surface area contributed by atoms with Crippen LogP contribution in [0.15, 0.2) is 24.4 Å². The standard InChI is InChI=1S/C10H7ClN2O2/c1-15-10(14)6-2-3-8-7(4-6)5-12-13-9(8)11/h2-5H,1H3. The summed E-state index contributed by atoms with van der Waals surface area (Å²) < 4.78 is 4.61. The highest BCUT2D eigenvalue weighted by Crippen LogP contribution is 2.21. The van der Waals surface area contributed by atoms with E-state index in [1.54, 1.807) is 24.4 Å². The van der Waals surface area contributed by atoms with E-state index in [4.69, 9.17) is 11.6 Å². The number of hydrogen-bond donors (Lipinski definition) is 0. The van der Waals surface area contributed by atoms with Crippen molar-refractivity contribution in [3.63, 3.8) is 0 Å². The summed E-state index contributed by atoms with van der Waals surface area (Å²) in [5, 5.41) is 9.25. The van der Waals surface area contributed by atoms with Gasteiger partial charge in [0.1, 0.15) is 0 Å². The molecule has 76 valence electrons. The van der Waals surface area contributed by atoms with Crippen LogP contribution in [-0.4, -0.2) is 23.3 Å². The molecule has 0 amide bonds. The summed E-state index contributed by atoms with van der Waals surface area (Å²) in [6, 6.07) is 5.03. The van der Waals surface area contributed by atoms with Gasteiger partial charge in [0.25, 0.3) is 0 Å². The number of ether oxygens (including phenoxy) is 1. The molecule has 0 saturated heterocycles. The van der Waals surface area contributed by atoms with Gasteiger partial charge in [0.15, 0.2) is 5.15 Å². The molecule has 0 spiro atoms. The minimum absolute atomic E-state index is 0.323. The average Bonchev–Trinajstić information content (AvgIpc) is 2.28. The van der Waals surface area contributed by atoms with Crippen LogP contribution in [0.25, 0.3) is 10.8 Å². The van der Waals surface area contributed by atoms with Crippen LogP contribution < -0.4 is 0 Å². The molecule has 0 fully saturated rings. The maximum Gasteiger partial charge on any atom is 0.337 e. The molecule has 1 aromatic carbocycles. The van der Waals surface area contributed by atoms with Gasteiger partial charge in [-0.2, -0.15) is 5.10 Å². The van der Waals surface area contributed by atoms with Crippen LogP contribution in [0.4, 0.5) is 0 Å². The third-order valence-electron chi connectivity index (χ3n) is 2.04. The van der Waals surface area contributed by atoms with Crippen LogP contribution >= 0.6 is 11.6 Å². The van der Waals surface area contributed by atoms with Gasteiger partial charge in [-0.25, -0.2) is 4.79 Å². The summed E-state index contributed by atoms with van der Waals surface area (Å²) in [7, 11) is 1.34. The predicted octanol–water partition coefficient (Wildman–Crippen LogP) is 2.07. The number of carbonyl (C=O) groups is 1. The van der Waals surface area contributed by atoms with E-state index >= 15 is 0 Å². The van der Waals surface area contributed by atoms with Gasteiger partial charge in [0, 0.05) is 10.8 Å². The molecule has 5 heteroatoms. The molecular weight excluding hydrogens is 216 g/mol. The first-order valence-electron chi connectivity index (χ1n) is 4.21. The number of fused-ring (bicyclic) bond motifs is 1. The number of carbonyl (C=O) groups excluding carboxylic acids is 1.